The second kappa shape index (κ2) is 9.30. The Morgan fingerprint density at radius 1 is 1.11 bits per heavy atom. The molecule has 2 amide bonds. The van der Waals surface area contributed by atoms with Gasteiger partial charge in [-0.1, -0.05) is 12.1 Å². The van der Waals surface area contributed by atoms with Gasteiger partial charge < -0.3 is 30.3 Å². The van der Waals surface area contributed by atoms with Gasteiger partial charge in [-0.3, -0.25) is 14.4 Å². The Bertz CT molecular complexity index is 828. The summed E-state index contributed by atoms with van der Waals surface area (Å²) in [5.41, 5.74) is 0.909. The lowest BCUT2D eigenvalue weighted by molar-refractivity contribution is -0.138. The third-order valence-electron chi connectivity index (χ3n) is 3.56. The molecule has 0 radical (unpaired) electrons. The highest BCUT2D eigenvalue weighted by Gasteiger charge is 2.17. The molecule has 0 saturated heterocycles. The summed E-state index contributed by atoms with van der Waals surface area (Å²) >= 11 is 0. The standard InChI is InChI=1S/C18H19N3O6/c1-19-10-20-18(26)15-7-6-14(27-15)11-2-4-12(5-3-11)17(25)21-13(9-22)8-16(23)24/h2-7,9,13,19H,8,10H2,1H3,(H,20,26)(H,21,25)(H,23,24). The van der Waals surface area contributed by atoms with Crippen LogP contribution in [0.3, 0.4) is 0 Å². The van der Waals surface area contributed by atoms with Crippen molar-refractivity contribution in [3.8, 4) is 11.3 Å². The van der Waals surface area contributed by atoms with E-state index in [0.717, 1.165) is 0 Å². The fourth-order valence-corrected chi connectivity index (χ4v) is 2.23. The quantitative estimate of drug-likeness (QED) is 0.373. The highest BCUT2D eigenvalue weighted by molar-refractivity contribution is 5.96. The number of rotatable bonds is 9. The van der Waals surface area contributed by atoms with Gasteiger partial charge in [-0.25, -0.2) is 0 Å². The molecule has 9 heteroatoms. The van der Waals surface area contributed by atoms with Crippen molar-refractivity contribution in [2.24, 2.45) is 0 Å². The van der Waals surface area contributed by atoms with E-state index in [4.69, 9.17) is 9.52 Å². The van der Waals surface area contributed by atoms with Crippen LogP contribution >= 0.6 is 0 Å². The number of carbonyl (C=O) groups excluding carboxylic acids is 3. The lowest BCUT2D eigenvalue weighted by atomic mass is 10.1. The molecule has 9 nitrogen and oxygen atoms in total. The van der Waals surface area contributed by atoms with Gasteiger partial charge in [0.15, 0.2) is 5.76 Å². The van der Waals surface area contributed by atoms with Crippen LogP contribution in [-0.4, -0.2) is 48.9 Å². The fraction of sp³-hybridized carbons (Fsp3) is 0.222. The predicted molar refractivity (Wildman–Crippen MR) is 95.1 cm³/mol. The van der Waals surface area contributed by atoms with Crippen molar-refractivity contribution in [2.45, 2.75) is 12.5 Å². The molecule has 0 spiro atoms. The van der Waals surface area contributed by atoms with Crippen LogP contribution in [0.5, 0.6) is 0 Å². The number of aldehydes is 1. The van der Waals surface area contributed by atoms with E-state index in [1.54, 1.807) is 31.3 Å². The van der Waals surface area contributed by atoms with Gasteiger partial charge in [-0.05, 0) is 31.3 Å². The van der Waals surface area contributed by atoms with Gasteiger partial charge in [0.25, 0.3) is 11.8 Å². The molecule has 1 heterocycles. The van der Waals surface area contributed by atoms with Gasteiger partial charge in [0, 0.05) is 11.1 Å². The average Bonchev–Trinajstić information content (AvgIpc) is 3.15. The number of aliphatic carboxylic acids is 1. The van der Waals surface area contributed by atoms with Crippen molar-refractivity contribution in [2.75, 3.05) is 13.7 Å². The van der Waals surface area contributed by atoms with Crippen molar-refractivity contribution in [3.05, 3.63) is 47.7 Å². The topological polar surface area (TPSA) is 138 Å². The zero-order valence-electron chi connectivity index (χ0n) is 14.5. The third kappa shape index (κ3) is 5.51. The monoisotopic (exact) mass is 373 g/mol. The van der Waals surface area contributed by atoms with Crippen molar-refractivity contribution in [3.63, 3.8) is 0 Å². The maximum Gasteiger partial charge on any atom is 0.305 e. The predicted octanol–water partition coefficient (Wildman–Crippen LogP) is 0.625. The minimum Gasteiger partial charge on any atom is -0.481 e. The summed E-state index contributed by atoms with van der Waals surface area (Å²) in [7, 11) is 1.70. The summed E-state index contributed by atoms with van der Waals surface area (Å²) in [5, 5.41) is 16.4. The SMILES string of the molecule is CNCNC(=O)c1ccc(-c2ccc(C(=O)NC(C=O)CC(=O)O)cc2)o1. The highest BCUT2D eigenvalue weighted by atomic mass is 16.4. The van der Waals surface area contributed by atoms with Crippen LogP contribution in [0.2, 0.25) is 0 Å². The minimum atomic E-state index is -1.19. The first kappa shape index (κ1) is 19.9. The molecule has 0 bridgehead atoms. The summed E-state index contributed by atoms with van der Waals surface area (Å²) < 4.78 is 5.50. The molecule has 1 unspecified atom stereocenters. The van der Waals surface area contributed by atoms with Crippen LogP contribution in [0.4, 0.5) is 0 Å². The summed E-state index contributed by atoms with van der Waals surface area (Å²) in [5.74, 6) is -1.50. The molecule has 4 N–H and O–H groups in total. The molecule has 2 rings (SSSR count). The number of carboxylic acid groups (broad SMARTS) is 1. The summed E-state index contributed by atoms with van der Waals surface area (Å²) in [6.45, 7) is 0.308. The average molecular weight is 373 g/mol. The van der Waals surface area contributed by atoms with Crippen LogP contribution in [-0.2, 0) is 9.59 Å². The van der Waals surface area contributed by atoms with Crippen molar-refractivity contribution in [1.82, 2.24) is 16.0 Å². The number of amides is 2. The molecule has 0 aliphatic heterocycles. The second-order valence-electron chi connectivity index (χ2n) is 5.59. The van der Waals surface area contributed by atoms with Gasteiger partial charge in [-0.15, -0.1) is 0 Å². The zero-order chi connectivity index (χ0) is 19.8. The van der Waals surface area contributed by atoms with E-state index < -0.39 is 24.3 Å². The summed E-state index contributed by atoms with van der Waals surface area (Å²) in [6.07, 6.45) is -0.109. The molecule has 0 saturated carbocycles. The van der Waals surface area contributed by atoms with E-state index >= 15 is 0 Å². The van der Waals surface area contributed by atoms with Crippen LogP contribution in [0.25, 0.3) is 11.3 Å². The normalized spacial score (nSPS) is 11.4. The van der Waals surface area contributed by atoms with Crippen LogP contribution in [0.1, 0.15) is 27.3 Å². The van der Waals surface area contributed by atoms with E-state index in [9.17, 15) is 19.2 Å². The van der Waals surface area contributed by atoms with Gasteiger partial charge in [0.1, 0.15) is 12.0 Å². The highest BCUT2D eigenvalue weighted by Crippen LogP contribution is 2.22. The number of nitrogens with one attached hydrogen (secondary N) is 3. The summed E-state index contributed by atoms with van der Waals surface area (Å²) in [6, 6.07) is 8.35. The van der Waals surface area contributed by atoms with E-state index in [1.807, 2.05) is 0 Å². The Kier molecular flexibility index (Phi) is 6.84. The Labute approximate surface area is 154 Å². The Morgan fingerprint density at radius 2 is 1.81 bits per heavy atom. The molecular weight excluding hydrogens is 354 g/mol. The molecule has 27 heavy (non-hydrogen) atoms. The maximum atomic E-state index is 12.1. The molecule has 1 aromatic carbocycles. The first-order valence-electron chi connectivity index (χ1n) is 8.05. The van der Waals surface area contributed by atoms with Gasteiger partial charge in [-0.2, -0.15) is 0 Å². The number of hydrogen-bond donors (Lipinski definition) is 4. The van der Waals surface area contributed by atoms with Crippen LogP contribution in [0.15, 0.2) is 40.8 Å². The molecule has 0 aliphatic rings. The number of hydrogen-bond acceptors (Lipinski definition) is 6. The Balaban J connectivity index is 2.05. The zero-order valence-corrected chi connectivity index (χ0v) is 14.5. The largest absolute Gasteiger partial charge is 0.481 e. The van der Waals surface area contributed by atoms with Gasteiger partial charge >= 0.3 is 5.97 Å². The van der Waals surface area contributed by atoms with Crippen molar-refractivity contribution >= 4 is 24.1 Å². The molecule has 1 atom stereocenters. The van der Waals surface area contributed by atoms with Gasteiger partial charge in [0.2, 0.25) is 0 Å². The lowest BCUT2D eigenvalue weighted by Crippen LogP contribution is -2.37. The third-order valence-corrected chi connectivity index (χ3v) is 3.56. The first-order chi connectivity index (χ1) is 12.9. The van der Waals surface area contributed by atoms with E-state index in [1.165, 1.54) is 12.1 Å². The Hall–Kier alpha value is -3.46. The van der Waals surface area contributed by atoms with E-state index in [-0.39, 0.29) is 17.2 Å². The van der Waals surface area contributed by atoms with E-state index in [0.29, 0.717) is 24.3 Å². The van der Waals surface area contributed by atoms with Gasteiger partial charge in [0.05, 0.1) is 19.1 Å². The fourth-order valence-electron chi connectivity index (χ4n) is 2.23. The molecule has 0 aliphatic carbocycles. The van der Waals surface area contributed by atoms with Crippen molar-refractivity contribution < 1.29 is 28.7 Å². The minimum absolute atomic E-state index is 0.157. The van der Waals surface area contributed by atoms with Crippen LogP contribution in [0, 0.1) is 0 Å². The van der Waals surface area contributed by atoms with Crippen molar-refractivity contribution in [1.29, 1.82) is 0 Å². The number of furan rings is 1. The smallest absolute Gasteiger partial charge is 0.305 e. The first-order valence-corrected chi connectivity index (χ1v) is 8.05. The molecule has 0 fully saturated rings. The number of carboxylic acids is 1. The number of benzene rings is 1. The summed E-state index contributed by atoms with van der Waals surface area (Å²) in [4.78, 5) is 45.4. The molecule has 1 aromatic heterocycles. The number of carbonyl (C=O) groups is 4. The Morgan fingerprint density at radius 3 is 2.41 bits per heavy atom. The van der Waals surface area contributed by atoms with Crippen LogP contribution < -0.4 is 16.0 Å². The lowest BCUT2D eigenvalue weighted by Gasteiger charge is -2.10. The molecular formula is C18H19N3O6. The van der Waals surface area contributed by atoms with E-state index in [2.05, 4.69) is 16.0 Å². The second-order valence-corrected chi connectivity index (χ2v) is 5.59. The maximum absolute atomic E-state index is 12.1. The molecule has 142 valence electrons. The molecule has 2 aromatic rings.